The van der Waals surface area contributed by atoms with Gasteiger partial charge in [0.05, 0.1) is 0 Å². The molecule has 0 spiro atoms. The lowest BCUT2D eigenvalue weighted by Crippen LogP contribution is -2.19. The van der Waals surface area contributed by atoms with Crippen molar-refractivity contribution in [3.05, 3.63) is 60.2 Å². The van der Waals surface area contributed by atoms with Gasteiger partial charge in [-0.25, -0.2) is 0 Å². The molecule has 0 aliphatic rings. The second-order valence-corrected chi connectivity index (χ2v) is 4.28. The smallest absolute Gasteiger partial charge is 0.269 e. The summed E-state index contributed by atoms with van der Waals surface area (Å²) in [5.74, 6) is -0.575. The molecule has 5 nitrogen and oxygen atoms in total. The summed E-state index contributed by atoms with van der Waals surface area (Å²) in [6.07, 6.45) is 1.67. The van der Waals surface area contributed by atoms with Crippen LogP contribution in [0.1, 0.15) is 5.56 Å². The summed E-state index contributed by atoms with van der Waals surface area (Å²) < 4.78 is 0. The van der Waals surface area contributed by atoms with E-state index in [1.165, 1.54) is 4.80 Å². The van der Waals surface area contributed by atoms with Gasteiger partial charge in [-0.15, -0.1) is 15.0 Å². The number of rotatable bonds is 3. The monoisotopic (exact) mass is 264 g/mol. The molecule has 3 rings (SSSR count). The van der Waals surface area contributed by atoms with Gasteiger partial charge in [0.1, 0.15) is 11.0 Å². The summed E-state index contributed by atoms with van der Waals surface area (Å²) in [6.45, 7) is 0. The predicted octanol–water partition coefficient (Wildman–Crippen LogP) is 1.91. The van der Waals surface area contributed by atoms with Gasteiger partial charge < -0.3 is 5.73 Å². The number of primary amides is 1. The Labute approximate surface area is 115 Å². The fourth-order valence-electron chi connectivity index (χ4n) is 1.90. The molecule has 1 amide bonds. The third-order valence-corrected chi connectivity index (χ3v) is 2.86. The van der Waals surface area contributed by atoms with E-state index in [1.54, 1.807) is 6.08 Å². The van der Waals surface area contributed by atoms with Crippen LogP contribution >= 0.6 is 0 Å². The van der Waals surface area contributed by atoms with Crippen molar-refractivity contribution in [1.29, 1.82) is 0 Å². The molecule has 0 saturated carbocycles. The summed E-state index contributed by atoms with van der Waals surface area (Å²) >= 11 is 0. The maximum absolute atomic E-state index is 11.6. The summed E-state index contributed by atoms with van der Waals surface area (Å²) in [7, 11) is 0. The van der Waals surface area contributed by atoms with Crippen molar-refractivity contribution >= 4 is 28.7 Å². The van der Waals surface area contributed by atoms with E-state index in [0.29, 0.717) is 11.0 Å². The molecular formula is C15H12N4O. The molecule has 0 radical (unpaired) electrons. The van der Waals surface area contributed by atoms with Crippen LogP contribution in [0.4, 0.5) is 0 Å². The largest absolute Gasteiger partial charge is 0.364 e. The van der Waals surface area contributed by atoms with Gasteiger partial charge >= 0.3 is 0 Å². The highest BCUT2D eigenvalue weighted by atomic mass is 16.1. The number of nitrogens with zero attached hydrogens (tertiary/aromatic N) is 3. The molecule has 20 heavy (non-hydrogen) atoms. The number of fused-ring (bicyclic) bond motifs is 1. The maximum atomic E-state index is 11.6. The van der Waals surface area contributed by atoms with Crippen molar-refractivity contribution < 1.29 is 4.79 Å². The molecule has 1 aromatic heterocycles. The molecule has 0 fully saturated rings. The van der Waals surface area contributed by atoms with E-state index in [4.69, 9.17) is 5.73 Å². The number of amides is 1. The molecule has 2 N–H and O–H groups in total. The van der Waals surface area contributed by atoms with Gasteiger partial charge in [0.2, 0.25) is 0 Å². The molecule has 0 unspecified atom stereocenters. The molecule has 0 bridgehead atoms. The van der Waals surface area contributed by atoms with E-state index in [-0.39, 0.29) is 5.70 Å². The standard InChI is InChI=1S/C15H12N4O/c16-15(20)14(10-11-6-2-1-3-7-11)19-17-12-8-4-5-9-13(12)18-19/h1-10H,(H2,16,20)/b14-10+. The van der Waals surface area contributed by atoms with Crippen molar-refractivity contribution in [3.63, 3.8) is 0 Å². The second kappa shape index (κ2) is 4.97. The molecule has 5 heteroatoms. The first-order valence-electron chi connectivity index (χ1n) is 6.13. The van der Waals surface area contributed by atoms with Gasteiger partial charge in [-0.05, 0) is 23.8 Å². The Balaban J connectivity index is 2.11. The predicted molar refractivity (Wildman–Crippen MR) is 77.3 cm³/mol. The van der Waals surface area contributed by atoms with Crippen LogP contribution in [-0.4, -0.2) is 20.9 Å². The minimum absolute atomic E-state index is 0.229. The van der Waals surface area contributed by atoms with Gasteiger partial charge in [0.25, 0.3) is 5.91 Å². The van der Waals surface area contributed by atoms with Crippen molar-refractivity contribution in [2.75, 3.05) is 0 Å². The highest BCUT2D eigenvalue weighted by molar-refractivity contribution is 6.17. The van der Waals surface area contributed by atoms with Crippen LogP contribution in [-0.2, 0) is 4.79 Å². The summed E-state index contributed by atoms with van der Waals surface area (Å²) in [4.78, 5) is 12.9. The molecule has 0 aliphatic heterocycles. The molecular weight excluding hydrogens is 252 g/mol. The van der Waals surface area contributed by atoms with Crippen LogP contribution < -0.4 is 5.73 Å². The van der Waals surface area contributed by atoms with E-state index < -0.39 is 5.91 Å². The fraction of sp³-hybridized carbons (Fsp3) is 0. The molecule has 98 valence electrons. The van der Waals surface area contributed by atoms with Crippen molar-refractivity contribution in [2.24, 2.45) is 5.73 Å². The van der Waals surface area contributed by atoms with Crippen LogP contribution in [0, 0.1) is 0 Å². The van der Waals surface area contributed by atoms with Crippen molar-refractivity contribution in [3.8, 4) is 0 Å². The lowest BCUT2D eigenvalue weighted by Gasteiger charge is -2.01. The van der Waals surface area contributed by atoms with E-state index in [9.17, 15) is 4.79 Å². The Morgan fingerprint density at radius 1 is 0.950 bits per heavy atom. The minimum atomic E-state index is -0.575. The number of carbonyl (C=O) groups excluding carboxylic acids is 1. The van der Waals surface area contributed by atoms with E-state index in [2.05, 4.69) is 10.2 Å². The van der Waals surface area contributed by atoms with Crippen LogP contribution in [0.3, 0.4) is 0 Å². The molecule has 0 aliphatic carbocycles. The zero-order valence-electron chi connectivity index (χ0n) is 10.6. The SMILES string of the molecule is NC(=O)/C(=C\c1ccccc1)n1nc2ccccc2n1. The lowest BCUT2D eigenvalue weighted by molar-refractivity contribution is -0.113. The molecule has 3 aromatic rings. The second-order valence-electron chi connectivity index (χ2n) is 4.28. The van der Waals surface area contributed by atoms with E-state index in [1.807, 2.05) is 54.6 Å². The average Bonchev–Trinajstić information content (AvgIpc) is 2.89. The number of benzene rings is 2. The van der Waals surface area contributed by atoms with Gasteiger partial charge in [0, 0.05) is 0 Å². The molecule has 2 aromatic carbocycles. The zero-order chi connectivity index (χ0) is 13.9. The molecule has 0 saturated heterocycles. The first-order valence-corrected chi connectivity index (χ1v) is 6.13. The Bertz CT molecular complexity index is 757. The normalized spacial score (nSPS) is 11.7. The van der Waals surface area contributed by atoms with Crippen LogP contribution in [0.2, 0.25) is 0 Å². The number of nitrogens with two attached hydrogens (primary N) is 1. The third-order valence-electron chi connectivity index (χ3n) is 2.86. The van der Waals surface area contributed by atoms with E-state index in [0.717, 1.165) is 5.56 Å². The maximum Gasteiger partial charge on any atom is 0.269 e. The average molecular weight is 264 g/mol. The van der Waals surface area contributed by atoms with Crippen LogP contribution in [0.5, 0.6) is 0 Å². The number of carbonyl (C=O) groups is 1. The first-order chi connectivity index (χ1) is 9.74. The number of hydrogen-bond acceptors (Lipinski definition) is 3. The quantitative estimate of drug-likeness (QED) is 0.734. The lowest BCUT2D eigenvalue weighted by atomic mass is 10.2. The highest BCUT2D eigenvalue weighted by Gasteiger charge is 2.12. The first kappa shape index (κ1) is 12.1. The Morgan fingerprint density at radius 3 is 2.05 bits per heavy atom. The van der Waals surface area contributed by atoms with Crippen molar-refractivity contribution in [2.45, 2.75) is 0 Å². The summed E-state index contributed by atoms with van der Waals surface area (Å²) in [5.41, 5.74) is 7.95. The number of hydrogen-bond donors (Lipinski definition) is 1. The fourth-order valence-corrected chi connectivity index (χ4v) is 1.90. The van der Waals surface area contributed by atoms with Gasteiger partial charge in [-0.1, -0.05) is 42.5 Å². The van der Waals surface area contributed by atoms with Crippen molar-refractivity contribution in [1.82, 2.24) is 15.0 Å². The Morgan fingerprint density at radius 2 is 1.50 bits per heavy atom. The Hall–Kier alpha value is -2.95. The summed E-state index contributed by atoms with van der Waals surface area (Å²) in [6, 6.07) is 16.8. The van der Waals surface area contributed by atoms with Crippen LogP contribution in [0.25, 0.3) is 22.8 Å². The number of aromatic nitrogens is 3. The highest BCUT2D eigenvalue weighted by Crippen LogP contribution is 2.13. The van der Waals surface area contributed by atoms with E-state index >= 15 is 0 Å². The summed E-state index contributed by atoms with van der Waals surface area (Å²) in [5, 5.41) is 8.53. The van der Waals surface area contributed by atoms with Gasteiger partial charge in [-0.3, -0.25) is 4.79 Å². The minimum Gasteiger partial charge on any atom is -0.364 e. The van der Waals surface area contributed by atoms with Gasteiger partial charge in [0.15, 0.2) is 5.70 Å². The zero-order valence-corrected chi connectivity index (χ0v) is 10.6. The van der Waals surface area contributed by atoms with Crippen LogP contribution in [0.15, 0.2) is 54.6 Å². The third kappa shape index (κ3) is 2.29. The molecule has 1 heterocycles. The topological polar surface area (TPSA) is 73.8 Å². The Kier molecular flexibility index (Phi) is 3.01. The van der Waals surface area contributed by atoms with Gasteiger partial charge in [-0.2, -0.15) is 0 Å². The molecule has 0 atom stereocenters.